The number of rotatable bonds is 3. The van der Waals surface area contributed by atoms with Crippen molar-refractivity contribution in [2.45, 2.75) is 37.9 Å². The molecule has 4 N–H and O–H groups in total. The monoisotopic (exact) mass is 237 g/mol. The zero-order chi connectivity index (χ0) is 12.3. The van der Waals surface area contributed by atoms with Crippen LogP contribution in [0.5, 0.6) is 5.88 Å². The first kappa shape index (κ1) is 12.0. The Morgan fingerprint density at radius 2 is 2.00 bits per heavy atom. The van der Waals surface area contributed by atoms with Gasteiger partial charge in [0.1, 0.15) is 6.10 Å². The normalized spacial score (nSPS) is 24.5. The van der Waals surface area contributed by atoms with Crippen molar-refractivity contribution in [1.29, 1.82) is 0 Å². The minimum Gasteiger partial charge on any atom is -0.474 e. The summed E-state index contributed by atoms with van der Waals surface area (Å²) in [5.74, 6) is 0.861. The van der Waals surface area contributed by atoms with Crippen molar-refractivity contribution in [2.24, 2.45) is 0 Å². The Morgan fingerprint density at radius 3 is 2.71 bits per heavy atom. The van der Waals surface area contributed by atoms with Crippen molar-refractivity contribution < 1.29 is 9.47 Å². The maximum atomic E-state index is 5.80. The molecular formula is C12H19N3O2. The number of hydrogen-bond donors (Lipinski definition) is 2. The van der Waals surface area contributed by atoms with E-state index in [1.807, 2.05) is 0 Å². The van der Waals surface area contributed by atoms with Crippen molar-refractivity contribution in [3.8, 4) is 5.88 Å². The molecule has 1 saturated carbocycles. The Bertz CT molecular complexity index is 384. The summed E-state index contributed by atoms with van der Waals surface area (Å²) in [6, 6.07) is 3.47. The molecule has 1 aliphatic carbocycles. The van der Waals surface area contributed by atoms with E-state index in [0.29, 0.717) is 23.5 Å². The predicted molar refractivity (Wildman–Crippen MR) is 66.7 cm³/mol. The first-order chi connectivity index (χ1) is 8.19. The van der Waals surface area contributed by atoms with Gasteiger partial charge in [-0.2, -0.15) is 4.98 Å². The third kappa shape index (κ3) is 3.00. The van der Waals surface area contributed by atoms with Gasteiger partial charge >= 0.3 is 0 Å². The van der Waals surface area contributed by atoms with Crippen molar-refractivity contribution in [1.82, 2.24) is 4.98 Å². The highest BCUT2D eigenvalue weighted by Gasteiger charge is 2.23. The van der Waals surface area contributed by atoms with Gasteiger partial charge < -0.3 is 20.9 Å². The van der Waals surface area contributed by atoms with Gasteiger partial charge in [0, 0.05) is 19.6 Å². The lowest BCUT2D eigenvalue weighted by molar-refractivity contribution is 0.0196. The van der Waals surface area contributed by atoms with Crippen LogP contribution in [-0.2, 0) is 4.74 Å². The molecule has 5 heteroatoms. The topological polar surface area (TPSA) is 83.4 Å². The molecule has 1 fully saturated rings. The van der Waals surface area contributed by atoms with Crippen LogP contribution in [0.15, 0.2) is 12.1 Å². The number of ether oxygens (including phenoxy) is 2. The first-order valence-corrected chi connectivity index (χ1v) is 5.90. The highest BCUT2D eigenvalue weighted by molar-refractivity contribution is 5.58. The highest BCUT2D eigenvalue weighted by atomic mass is 16.5. The minimum absolute atomic E-state index is 0.157. The quantitative estimate of drug-likeness (QED) is 0.834. The number of anilines is 2. The molecule has 1 aromatic heterocycles. The highest BCUT2D eigenvalue weighted by Crippen LogP contribution is 2.25. The van der Waals surface area contributed by atoms with Gasteiger partial charge in [0.15, 0.2) is 5.82 Å². The van der Waals surface area contributed by atoms with Crippen LogP contribution in [0.1, 0.15) is 25.7 Å². The molecule has 0 aliphatic heterocycles. The van der Waals surface area contributed by atoms with Crippen LogP contribution in [0, 0.1) is 0 Å². The maximum absolute atomic E-state index is 5.80. The third-order valence-electron chi connectivity index (χ3n) is 3.13. The largest absolute Gasteiger partial charge is 0.474 e. The molecule has 17 heavy (non-hydrogen) atoms. The molecule has 0 aromatic carbocycles. The van der Waals surface area contributed by atoms with E-state index in [2.05, 4.69) is 4.98 Å². The summed E-state index contributed by atoms with van der Waals surface area (Å²) in [6.07, 6.45) is 4.61. The van der Waals surface area contributed by atoms with Crippen LogP contribution in [0.25, 0.3) is 0 Å². The SMILES string of the molecule is COC1CCCC(Oc2ccc(N)c(N)n2)C1. The average molecular weight is 237 g/mol. The van der Waals surface area contributed by atoms with Gasteiger partial charge in [-0.25, -0.2) is 0 Å². The fraction of sp³-hybridized carbons (Fsp3) is 0.583. The van der Waals surface area contributed by atoms with E-state index in [9.17, 15) is 0 Å². The zero-order valence-electron chi connectivity index (χ0n) is 10.1. The fourth-order valence-corrected chi connectivity index (χ4v) is 2.13. The van der Waals surface area contributed by atoms with Gasteiger partial charge in [-0.05, 0) is 25.3 Å². The lowest BCUT2D eigenvalue weighted by Gasteiger charge is -2.28. The van der Waals surface area contributed by atoms with Crippen molar-refractivity contribution >= 4 is 11.5 Å². The van der Waals surface area contributed by atoms with Crippen LogP contribution in [0.2, 0.25) is 0 Å². The average Bonchev–Trinajstić information content (AvgIpc) is 2.34. The molecule has 0 radical (unpaired) electrons. The van der Waals surface area contributed by atoms with E-state index in [0.717, 1.165) is 25.7 Å². The van der Waals surface area contributed by atoms with Gasteiger partial charge in [0.2, 0.25) is 5.88 Å². The van der Waals surface area contributed by atoms with Gasteiger partial charge in [-0.15, -0.1) is 0 Å². The molecule has 1 aliphatic rings. The number of methoxy groups -OCH3 is 1. The van der Waals surface area contributed by atoms with Gasteiger partial charge in [0.25, 0.3) is 0 Å². The molecule has 2 rings (SSSR count). The predicted octanol–water partition coefficient (Wildman–Crippen LogP) is 1.58. The number of hydrogen-bond acceptors (Lipinski definition) is 5. The molecule has 94 valence electrons. The van der Waals surface area contributed by atoms with E-state index >= 15 is 0 Å². The van der Waals surface area contributed by atoms with E-state index in [1.54, 1.807) is 19.2 Å². The van der Waals surface area contributed by atoms with Crippen molar-refractivity contribution in [2.75, 3.05) is 18.6 Å². The molecule has 1 heterocycles. The summed E-state index contributed by atoms with van der Waals surface area (Å²) in [5.41, 5.74) is 11.7. The van der Waals surface area contributed by atoms with Crippen LogP contribution in [0.4, 0.5) is 11.5 Å². The van der Waals surface area contributed by atoms with Crippen LogP contribution < -0.4 is 16.2 Å². The van der Waals surface area contributed by atoms with E-state index in [4.69, 9.17) is 20.9 Å². The van der Waals surface area contributed by atoms with Crippen molar-refractivity contribution in [3.05, 3.63) is 12.1 Å². The summed E-state index contributed by atoms with van der Waals surface area (Å²) in [5, 5.41) is 0. The lowest BCUT2D eigenvalue weighted by atomic mass is 9.95. The number of aromatic nitrogens is 1. The zero-order valence-corrected chi connectivity index (χ0v) is 10.1. The molecule has 2 unspecified atom stereocenters. The molecule has 1 aromatic rings. The molecule has 0 spiro atoms. The Hall–Kier alpha value is -1.49. The molecule has 0 amide bonds. The van der Waals surface area contributed by atoms with Crippen molar-refractivity contribution in [3.63, 3.8) is 0 Å². The molecule has 0 saturated heterocycles. The standard InChI is InChI=1S/C12H19N3O2/c1-16-8-3-2-4-9(7-8)17-11-6-5-10(13)12(14)15-11/h5-6,8-9H,2-4,7,13H2,1H3,(H2,14,15). The fourth-order valence-electron chi connectivity index (χ4n) is 2.13. The summed E-state index contributed by atoms with van der Waals surface area (Å²) < 4.78 is 11.2. The number of pyridine rings is 1. The molecular weight excluding hydrogens is 218 g/mol. The number of nitrogens with two attached hydrogens (primary N) is 2. The van der Waals surface area contributed by atoms with Crippen LogP contribution in [-0.4, -0.2) is 24.3 Å². The molecule has 5 nitrogen and oxygen atoms in total. The Kier molecular flexibility index (Phi) is 3.68. The van der Waals surface area contributed by atoms with Crippen LogP contribution >= 0.6 is 0 Å². The Balaban J connectivity index is 1.97. The maximum Gasteiger partial charge on any atom is 0.215 e. The summed E-state index contributed by atoms with van der Waals surface area (Å²) in [7, 11) is 1.74. The summed E-state index contributed by atoms with van der Waals surface area (Å²) in [4.78, 5) is 4.11. The summed E-state index contributed by atoms with van der Waals surface area (Å²) >= 11 is 0. The number of nitrogen functional groups attached to an aromatic ring is 2. The molecule has 0 bridgehead atoms. The van der Waals surface area contributed by atoms with E-state index < -0.39 is 0 Å². The number of nitrogens with zero attached hydrogens (tertiary/aromatic N) is 1. The minimum atomic E-state index is 0.157. The van der Waals surface area contributed by atoms with Gasteiger partial charge in [-0.1, -0.05) is 0 Å². The van der Waals surface area contributed by atoms with E-state index in [-0.39, 0.29) is 6.10 Å². The smallest absolute Gasteiger partial charge is 0.215 e. The van der Waals surface area contributed by atoms with Crippen LogP contribution in [0.3, 0.4) is 0 Å². The second kappa shape index (κ2) is 5.23. The Morgan fingerprint density at radius 1 is 1.24 bits per heavy atom. The second-order valence-electron chi connectivity index (χ2n) is 4.39. The van der Waals surface area contributed by atoms with E-state index in [1.165, 1.54) is 0 Å². The summed E-state index contributed by atoms with van der Waals surface area (Å²) in [6.45, 7) is 0. The van der Waals surface area contributed by atoms with Gasteiger partial charge in [-0.3, -0.25) is 0 Å². The van der Waals surface area contributed by atoms with Gasteiger partial charge in [0.05, 0.1) is 11.8 Å². The first-order valence-electron chi connectivity index (χ1n) is 5.90. The molecule has 2 atom stereocenters. The second-order valence-corrected chi connectivity index (χ2v) is 4.39. The Labute approximate surface area is 101 Å². The lowest BCUT2D eigenvalue weighted by Crippen LogP contribution is -2.29. The third-order valence-corrected chi connectivity index (χ3v) is 3.13.